The van der Waals surface area contributed by atoms with Crippen LogP contribution in [-0.4, -0.2) is 47.4 Å². The molecule has 374 valence electrons. The summed E-state index contributed by atoms with van der Waals surface area (Å²) in [5.74, 6) is -0.0589. The van der Waals surface area contributed by atoms with Crippen molar-refractivity contribution in [3.63, 3.8) is 0 Å². The second-order valence-electron chi connectivity index (χ2n) is 19.6. The van der Waals surface area contributed by atoms with Gasteiger partial charge in [0.15, 0.2) is 0 Å². The summed E-state index contributed by atoms with van der Waals surface area (Å²) < 4.78 is 5.48. The fourth-order valence-electron chi connectivity index (χ4n) is 8.93. The first kappa shape index (κ1) is 61.6. The zero-order chi connectivity index (χ0) is 45.8. The molecule has 0 aliphatic carbocycles. The maximum atomic E-state index is 12.4. The SMILES string of the molecule is CCCCCCCCCCCC/C=C/C(O)C(CO)NC(=O)CCCCCCCCCCCCCCCCCCCCCOC(=O)CCCCCCCCCCCCCCCCC. The lowest BCUT2D eigenvalue weighted by molar-refractivity contribution is -0.143. The van der Waals surface area contributed by atoms with Crippen molar-refractivity contribution >= 4 is 11.9 Å². The predicted octanol–water partition coefficient (Wildman–Crippen LogP) is 17.3. The van der Waals surface area contributed by atoms with E-state index in [9.17, 15) is 19.8 Å². The summed E-state index contributed by atoms with van der Waals surface area (Å²) in [6.45, 7) is 4.91. The first-order valence-corrected chi connectivity index (χ1v) is 28.5. The third kappa shape index (κ3) is 49.9. The van der Waals surface area contributed by atoms with Gasteiger partial charge in [0, 0.05) is 12.8 Å². The minimum absolute atomic E-state index is 0.0114. The molecule has 0 heterocycles. The van der Waals surface area contributed by atoms with E-state index in [0.29, 0.717) is 19.4 Å². The molecule has 0 rings (SSSR count). The van der Waals surface area contributed by atoms with E-state index in [-0.39, 0.29) is 18.5 Å². The highest BCUT2D eigenvalue weighted by molar-refractivity contribution is 5.76. The zero-order valence-corrected chi connectivity index (χ0v) is 42.6. The van der Waals surface area contributed by atoms with Crippen LogP contribution in [0.25, 0.3) is 0 Å². The van der Waals surface area contributed by atoms with E-state index in [1.807, 2.05) is 6.08 Å². The van der Waals surface area contributed by atoms with Gasteiger partial charge in [0.05, 0.1) is 25.4 Å². The van der Waals surface area contributed by atoms with Crippen LogP contribution in [0.15, 0.2) is 12.2 Å². The van der Waals surface area contributed by atoms with Crippen molar-refractivity contribution in [3.05, 3.63) is 12.2 Å². The van der Waals surface area contributed by atoms with Crippen LogP contribution < -0.4 is 5.32 Å². The number of aliphatic hydroxyl groups excluding tert-OH is 2. The standard InChI is InChI=1S/C57H111NO5/c1-3-5-7-9-11-13-15-17-23-27-31-35-39-43-47-51-57(62)63-52-48-44-40-36-32-28-25-22-20-18-19-21-24-26-30-34-38-42-46-50-56(61)58-54(53-59)55(60)49-45-41-37-33-29-16-14-12-10-8-6-4-2/h45,49,54-55,59-60H,3-44,46-48,50-53H2,1-2H3,(H,58,61)/b49-45+. The Bertz CT molecular complexity index is 939. The molecule has 1 amide bonds. The Balaban J connectivity index is 3.39. The molecule has 0 saturated heterocycles. The molecule has 0 fully saturated rings. The first-order valence-electron chi connectivity index (χ1n) is 28.5. The quantitative estimate of drug-likeness (QED) is 0.0321. The Hall–Kier alpha value is -1.40. The van der Waals surface area contributed by atoms with E-state index >= 15 is 0 Å². The van der Waals surface area contributed by atoms with Gasteiger partial charge in [0.1, 0.15) is 0 Å². The number of ether oxygens (including phenoxy) is 1. The minimum atomic E-state index is -0.844. The summed E-state index contributed by atoms with van der Waals surface area (Å²) in [7, 11) is 0. The number of carbonyl (C=O) groups is 2. The molecule has 2 atom stereocenters. The molecule has 0 radical (unpaired) electrons. The van der Waals surface area contributed by atoms with Crippen LogP contribution >= 0.6 is 0 Å². The second-order valence-corrected chi connectivity index (χ2v) is 19.6. The number of nitrogens with one attached hydrogen (secondary N) is 1. The molecule has 63 heavy (non-hydrogen) atoms. The van der Waals surface area contributed by atoms with E-state index in [0.717, 1.165) is 38.5 Å². The highest BCUT2D eigenvalue weighted by atomic mass is 16.5. The van der Waals surface area contributed by atoms with Crippen molar-refractivity contribution in [2.24, 2.45) is 0 Å². The predicted molar refractivity (Wildman–Crippen MR) is 273 cm³/mol. The summed E-state index contributed by atoms with van der Waals surface area (Å²) in [5, 5.41) is 23.0. The van der Waals surface area contributed by atoms with Crippen LogP contribution in [0.5, 0.6) is 0 Å². The Morgan fingerprint density at radius 1 is 0.429 bits per heavy atom. The van der Waals surface area contributed by atoms with Crippen LogP contribution in [0.1, 0.15) is 316 Å². The summed E-state index contributed by atoms with van der Waals surface area (Å²) in [6, 6.07) is -0.628. The Morgan fingerprint density at radius 3 is 1.08 bits per heavy atom. The van der Waals surface area contributed by atoms with Crippen molar-refractivity contribution in [3.8, 4) is 0 Å². The van der Waals surface area contributed by atoms with Gasteiger partial charge in [-0.25, -0.2) is 0 Å². The first-order chi connectivity index (χ1) is 31.0. The molecule has 0 saturated carbocycles. The third-order valence-electron chi connectivity index (χ3n) is 13.3. The maximum Gasteiger partial charge on any atom is 0.305 e. The third-order valence-corrected chi connectivity index (χ3v) is 13.3. The molecule has 6 heteroatoms. The number of allylic oxidation sites excluding steroid dienone is 1. The summed E-state index contributed by atoms with van der Waals surface area (Å²) in [5.41, 5.74) is 0. The molecule has 0 spiro atoms. The topological polar surface area (TPSA) is 95.9 Å². The normalized spacial score (nSPS) is 12.6. The second kappa shape index (κ2) is 53.2. The number of carbonyl (C=O) groups excluding carboxylic acids is 2. The highest BCUT2D eigenvalue weighted by Gasteiger charge is 2.18. The lowest BCUT2D eigenvalue weighted by Gasteiger charge is -2.20. The number of esters is 1. The van der Waals surface area contributed by atoms with Crippen LogP contribution in [0, 0.1) is 0 Å². The zero-order valence-electron chi connectivity index (χ0n) is 42.6. The molecule has 0 aromatic carbocycles. The van der Waals surface area contributed by atoms with Crippen LogP contribution in [0.2, 0.25) is 0 Å². The number of rotatable bonds is 53. The number of hydrogen-bond donors (Lipinski definition) is 3. The smallest absolute Gasteiger partial charge is 0.305 e. The minimum Gasteiger partial charge on any atom is -0.466 e. The Morgan fingerprint density at radius 2 is 0.730 bits per heavy atom. The van der Waals surface area contributed by atoms with E-state index < -0.39 is 12.1 Å². The number of unbranched alkanes of at least 4 members (excludes halogenated alkanes) is 42. The van der Waals surface area contributed by atoms with Gasteiger partial charge < -0.3 is 20.3 Å². The number of amides is 1. The molecule has 0 bridgehead atoms. The fraction of sp³-hybridized carbons (Fsp3) is 0.930. The highest BCUT2D eigenvalue weighted by Crippen LogP contribution is 2.17. The van der Waals surface area contributed by atoms with Crippen molar-refractivity contribution in [1.29, 1.82) is 0 Å². The average molecular weight is 891 g/mol. The Labute approximate surface area is 393 Å². The van der Waals surface area contributed by atoms with Gasteiger partial charge in [-0.15, -0.1) is 0 Å². The van der Waals surface area contributed by atoms with Crippen molar-refractivity contribution < 1.29 is 24.5 Å². The van der Waals surface area contributed by atoms with Crippen LogP contribution in [0.4, 0.5) is 0 Å². The summed E-state index contributed by atoms with van der Waals surface area (Å²) in [6.07, 6.45) is 62.3. The molecule has 0 aromatic heterocycles. The largest absolute Gasteiger partial charge is 0.466 e. The molecular weight excluding hydrogens is 779 g/mol. The van der Waals surface area contributed by atoms with Gasteiger partial charge in [-0.05, 0) is 32.1 Å². The van der Waals surface area contributed by atoms with Gasteiger partial charge in [-0.1, -0.05) is 283 Å². The van der Waals surface area contributed by atoms with Gasteiger partial charge in [-0.2, -0.15) is 0 Å². The maximum absolute atomic E-state index is 12.4. The van der Waals surface area contributed by atoms with Gasteiger partial charge >= 0.3 is 5.97 Å². The summed E-state index contributed by atoms with van der Waals surface area (Å²) in [4.78, 5) is 24.5. The van der Waals surface area contributed by atoms with Crippen molar-refractivity contribution in [2.45, 2.75) is 328 Å². The van der Waals surface area contributed by atoms with Crippen LogP contribution in [0.3, 0.4) is 0 Å². The van der Waals surface area contributed by atoms with Gasteiger partial charge in [-0.3, -0.25) is 9.59 Å². The molecule has 0 aliphatic heterocycles. The average Bonchev–Trinajstić information content (AvgIpc) is 3.28. The molecule has 2 unspecified atom stereocenters. The van der Waals surface area contributed by atoms with E-state index in [1.165, 1.54) is 250 Å². The van der Waals surface area contributed by atoms with E-state index in [2.05, 4.69) is 19.2 Å². The fourth-order valence-corrected chi connectivity index (χ4v) is 8.93. The molecule has 0 aromatic rings. The Kier molecular flexibility index (Phi) is 52.0. The lowest BCUT2D eigenvalue weighted by Crippen LogP contribution is -2.45. The van der Waals surface area contributed by atoms with Crippen molar-refractivity contribution in [1.82, 2.24) is 5.32 Å². The van der Waals surface area contributed by atoms with E-state index in [4.69, 9.17) is 4.74 Å². The number of hydrogen-bond acceptors (Lipinski definition) is 5. The molecule has 3 N–H and O–H groups in total. The van der Waals surface area contributed by atoms with Gasteiger partial charge in [0.2, 0.25) is 5.91 Å². The van der Waals surface area contributed by atoms with Crippen LogP contribution in [-0.2, 0) is 14.3 Å². The number of aliphatic hydroxyl groups is 2. The molecule has 6 nitrogen and oxygen atoms in total. The summed E-state index contributed by atoms with van der Waals surface area (Å²) >= 11 is 0. The van der Waals surface area contributed by atoms with Gasteiger partial charge in [0.25, 0.3) is 0 Å². The van der Waals surface area contributed by atoms with E-state index in [1.54, 1.807) is 6.08 Å². The lowest BCUT2D eigenvalue weighted by atomic mass is 10.0. The molecular formula is C57H111NO5. The molecule has 0 aliphatic rings. The van der Waals surface area contributed by atoms with Crippen molar-refractivity contribution in [2.75, 3.05) is 13.2 Å². The monoisotopic (exact) mass is 890 g/mol.